The molecule has 1 fully saturated rings. The molecule has 9 heteroatoms. The molecule has 1 aliphatic heterocycles. The molecule has 4 amide bonds. The molecule has 0 spiro atoms. The lowest BCUT2D eigenvalue weighted by molar-refractivity contribution is -0.139. The number of imide groups is 1. The number of benzene rings is 1. The van der Waals surface area contributed by atoms with E-state index in [-0.39, 0.29) is 12.8 Å². The summed E-state index contributed by atoms with van der Waals surface area (Å²) in [6.07, 6.45) is 0.657. The molecule has 140 valence electrons. The van der Waals surface area contributed by atoms with Gasteiger partial charge in [-0.25, -0.2) is 4.79 Å². The van der Waals surface area contributed by atoms with Crippen molar-refractivity contribution in [1.29, 1.82) is 0 Å². The molecule has 1 aromatic rings. The Morgan fingerprint density at radius 1 is 1.27 bits per heavy atom. The molecule has 9 nitrogen and oxygen atoms in total. The number of amides is 4. The third-order valence-corrected chi connectivity index (χ3v) is 4.12. The molecule has 0 saturated carbocycles. The van der Waals surface area contributed by atoms with E-state index in [1.165, 1.54) is 7.11 Å². The molecule has 0 bridgehead atoms. The number of hydrogen-bond acceptors (Lipinski definition) is 5. The number of methoxy groups -OCH3 is 1. The van der Waals surface area contributed by atoms with Crippen LogP contribution in [0.5, 0.6) is 5.75 Å². The van der Waals surface area contributed by atoms with Gasteiger partial charge >= 0.3 is 12.0 Å². The van der Waals surface area contributed by atoms with Crippen molar-refractivity contribution in [3.63, 3.8) is 0 Å². The van der Waals surface area contributed by atoms with E-state index < -0.39 is 29.4 Å². The highest BCUT2D eigenvalue weighted by atomic mass is 16.5. The highest BCUT2D eigenvalue weighted by molar-refractivity contribution is 6.08. The lowest BCUT2D eigenvalue weighted by Gasteiger charge is -2.22. The SMILES string of the molecule is COc1cccc(C2(C)NC(=O)N(NC(=O)CCCCC(=O)O)C2=O)c1. The Bertz CT molecular complexity index is 735. The number of urea groups is 1. The van der Waals surface area contributed by atoms with Crippen molar-refractivity contribution in [1.82, 2.24) is 15.8 Å². The van der Waals surface area contributed by atoms with Gasteiger partial charge in [-0.15, -0.1) is 0 Å². The Hall–Kier alpha value is -3.10. The summed E-state index contributed by atoms with van der Waals surface area (Å²) >= 11 is 0. The maximum Gasteiger partial charge on any atom is 0.344 e. The second-order valence-electron chi connectivity index (χ2n) is 6.06. The summed E-state index contributed by atoms with van der Waals surface area (Å²) in [5, 5.41) is 11.8. The molecular weight excluding hydrogens is 342 g/mol. The van der Waals surface area contributed by atoms with E-state index in [9.17, 15) is 19.2 Å². The number of carbonyl (C=O) groups excluding carboxylic acids is 3. The predicted molar refractivity (Wildman–Crippen MR) is 90.0 cm³/mol. The largest absolute Gasteiger partial charge is 0.497 e. The number of unbranched alkanes of at least 4 members (excludes halogenated alkanes) is 1. The number of nitrogens with zero attached hydrogens (tertiary/aromatic N) is 1. The van der Waals surface area contributed by atoms with Crippen LogP contribution in [0, 0.1) is 0 Å². The van der Waals surface area contributed by atoms with Gasteiger partial charge in [-0.3, -0.25) is 19.8 Å². The first kappa shape index (κ1) is 19.2. The van der Waals surface area contributed by atoms with Crippen LogP contribution in [0.25, 0.3) is 0 Å². The Kier molecular flexibility index (Phi) is 5.81. The summed E-state index contributed by atoms with van der Waals surface area (Å²) in [5.74, 6) is -1.55. The number of hydrazine groups is 1. The lowest BCUT2D eigenvalue weighted by Crippen LogP contribution is -2.47. The third-order valence-electron chi connectivity index (χ3n) is 4.12. The van der Waals surface area contributed by atoms with E-state index >= 15 is 0 Å². The molecule has 0 aliphatic carbocycles. The van der Waals surface area contributed by atoms with E-state index in [0.29, 0.717) is 29.2 Å². The minimum absolute atomic E-state index is 0.0141. The van der Waals surface area contributed by atoms with Gasteiger partial charge in [0.2, 0.25) is 5.91 Å². The van der Waals surface area contributed by atoms with Crippen LogP contribution in [0.3, 0.4) is 0 Å². The number of carboxylic acid groups (broad SMARTS) is 1. The number of carboxylic acids is 1. The van der Waals surface area contributed by atoms with Crippen molar-refractivity contribution in [2.45, 2.75) is 38.1 Å². The van der Waals surface area contributed by atoms with Gasteiger partial charge in [-0.05, 0) is 37.5 Å². The average Bonchev–Trinajstić information content (AvgIpc) is 2.83. The molecule has 1 aliphatic rings. The second-order valence-corrected chi connectivity index (χ2v) is 6.06. The molecule has 1 atom stereocenters. The molecular formula is C17H21N3O6. The highest BCUT2D eigenvalue weighted by Crippen LogP contribution is 2.30. The Morgan fingerprint density at radius 2 is 1.96 bits per heavy atom. The zero-order chi connectivity index (χ0) is 19.3. The van der Waals surface area contributed by atoms with Crippen LogP contribution in [0.15, 0.2) is 24.3 Å². The number of aliphatic carboxylic acids is 1. The minimum atomic E-state index is -1.33. The van der Waals surface area contributed by atoms with Crippen molar-refractivity contribution in [2.24, 2.45) is 0 Å². The van der Waals surface area contributed by atoms with Crippen molar-refractivity contribution in [3.05, 3.63) is 29.8 Å². The summed E-state index contributed by atoms with van der Waals surface area (Å²) in [4.78, 5) is 47.2. The number of ether oxygens (including phenoxy) is 1. The van der Waals surface area contributed by atoms with E-state index in [1.54, 1.807) is 31.2 Å². The zero-order valence-electron chi connectivity index (χ0n) is 14.6. The molecule has 0 radical (unpaired) electrons. The molecule has 3 N–H and O–H groups in total. The fourth-order valence-corrected chi connectivity index (χ4v) is 2.61. The van der Waals surface area contributed by atoms with Crippen LogP contribution in [0.4, 0.5) is 4.79 Å². The second kappa shape index (κ2) is 7.85. The van der Waals surface area contributed by atoms with Crippen LogP contribution in [-0.4, -0.2) is 41.0 Å². The van der Waals surface area contributed by atoms with Gasteiger partial charge in [0.25, 0.3) is 5.91 Å². The Balaban J connectivity index is 2.03. The molecule has 2 rings (SSSR count). The molecule has 1 unspecified atom stereocenters. The smallest absolute Gasteiger partial charge is 0.344 e. The third kappa shape index (κ3) is 4.11. The first-order valence-corrected chi connectivity index (χ1v) is 8.10. The summed E-state index contributed by atoms with van der Waals surface area (Å²) in [6, 6.07) is 5.99. The van der Waals surface area contributed by atoms with E-state index in [2.05, 4.69) is 10.7 Å². The summed E-state index contributed by atoms with van der Waals surface area (Å²) in [7, 11) is 1.49. The Morgan fingerprint density at radius 3 is 2.62 bits per heavy atom. The van der Waals surface area contributed by atoms with Crippen LogP contribution in [-0.2, 0) is 19.9 Å². The fourth-order valence-electron chi connectivity index (χ4n) is 2.61. The van der Waals surface area contributed by atoms with Crippen molar-refractivity contribution >= 4 is 23.8 Å². The quantitative estimate of drug-likeness (QED) is 0.470. The van der Waals surface area contributed by atoms with Crippen LogP contribution >= 0.6 is 0 Å². The summed E-state index contributed by atoms with van der Waals surface area (Å²) in [5.41, 5.74) is 1.46. The normalized spacial score (nSPS) is 19.2. The number of rotatable bonds is 8. The first-order valence-electron chi connectivity index (χ1n) is 8.10. The lowest BCUT2D eigenvalue weighted by atomic mass is 9.92. The predicted octanol–water partition coefficient (Wildman–Crippen LogP) is 1.14. The molecule has 1 heterocycles. The number of nitrogens with one attached hydrogen (secondary N) is 2. The van der Waals surface area contributed by atoms with Gasteiger partial charge in [0.1, 0.15) is 11.3 Å². The van der Waals surface area contributed by atoms with Crippen LogP contribution in [0.2, 0.25) is 0 Å². The number of hydrogen-bond donors (Lipinski definition) is 3. The standard InChI is InChI=1S/C17H21N3O6/c1-17(11-6-5-7-12(10-11)26-2)15(24)20(16(25)18-17)19-13(21)8-3-4-9-14(22)23/h5-7,10H,3-4,8-9H2,1-2H3,(H,18,25)(H,19,21)(H,22,23). The number of carbonyl (C=O) groups is 4. The van der Waals surface area contributed by atoms with Crippen LogP contribution < -0.4 is 15.5 Å². The first-order chi connectivity index (χ1) is 12.3. The fraction of sp³-hybridized carbons (Fsp3) is 0.412. The van der Waals surface area contributed by atoms with Gasteiger partial charge in [-0.2, -0.15) is 5.01 Å². The molecule has 1 aromatic carbocycles. The van der Waals surface area contributed by atoms with Gasteiger partial charge in [0.05, 0.1) is 7.11 Å². The summed E-state index contributed by atoms with van der Waals surface area (Å²) in [6.45, 7) is 1.54. The van der Waals surface area contributed by atoms with Gasteiger partial charge in [0.15, 0.2) is 0 Å². The van der Waals surface area contributed by atoms with Gasteiger partial charge in [0, 0.05) is 12.8 Å². The monoisotopic (exact) mass is 363 g/mol. The van der Waals surface area contributed by atoms with Crippen molar-refractivity contribution in [3.8, 4) is 5.75 Å². The van der Waals surface area contributed by atoms with E-state index in [4.69, 9.17) is 9.84 Å². The van der Waals surface area contributed by atoms with Gasteiger partial charge in [-0.1, -0.05) is 12.1 Å². The maximum absolute atomic E-state index is 12.7. The molecule has 0 aromatic heterocycles. The zero-order valence-corrected chi connectivity index (χ0v) is 14.6. The minimum Gasteiger partial charge on any atom is -0.497 e. The van der Waals surface area contributed by atoms with Crippen molar-refractivity contribution < 1.29 is 29.0 Å². The van der Waals surface area contributed by atoms with Crippen molar-refractivity contribution in [2.75, 3.05) is 7.11 Å². The van der Waals surface area contributed by atoms with Gasteiger partial charge < -0.3 is 15.2 Å². The topological polar surface area (TPSA) is 125 Å². The van der Waals surface area contributed by atoms with Crippen LogP contribution in [0.1, 0.15) is 38.2 Å². The highest BCUT2D eigenvalue weighted by Gasteiger charge is 2.50. The summed E-state index contributed by atoms with van der Waals surface area (Å²) < 4.78 is 5.14. The Labute approximate surface area is 150 Å². The molecule has 26 heavy (non-hydrogen) atoms. The average molecular weight is 363 g/mol. The maximum atomic E-state index is 12.7. The van der Waals surface area contributed by atoms with E-state index in [1.807, 2.05) is 0 Å². The molecule has 1 saturated heterocycles. The van der Waals surface area contributed by atoms with E-state index in [0.717, 1.165) is 0 Å².